The van der Waals surface area contributed by atoms with Crippen LogP contribution in [0, 0.1) is 0 Å². The topological polar surface area (TPSA) is 231 Å². The Morgan fingerprint density at radius 2 is 0.863 bits per heavy atom. The SMILES string of the molecule is CC/C=C/C/C=C/C/C=C/C/C=C/C/C=C/C/C=C/CCC(=O)O[C@@H](COC(=O)CCCCCCCCCCCCCCCCCCCC)CO[C@@H]1O[C@H](CO[C@@H]2O[C@H](CO)[C@H](O)C(O)C2O)[C@H](O)C(O)C1O. The largest absolute Gasteiger partial charge is 0.462 e. The minimum Gasteiger partial charge on any atom is -0.462 e. The van der Waals surface area contributed by atoms with Crippen LogP contribution < -0.4 is 0 Å². The van der Waals surface area contributed by atoms with E-state index in [0.717, 1.165) is 51.4 Å². The molecule has 0 aromatic heterocycles. The van der Waals surface area contributed by atoms with E-state index in [9.17, 15) is 45.3 Å². The first kappa shape index (κ1) is 66.1. The van der Waals surface area contributed by atoms with Crippen molar-refractivity contribution in [1.29, 1.82) is 0 Å². The molecule has 420 valence electrons. The molecule has 0 saturated carbocycles. The van der Waals surface area contributed by atoms with Gasteiger partial charge in [0, 0.05) is 12.8 Å². The maximum absolute atomic E-state index is 13.0. The molecule has 15 nitrogen and oxygen atoms in total. The number of carbonyl (C=O) groups is 2. The lowest BCUT2D eigenvalue weighted by Crippen LogP contribution is -2.61. The highest BCUT2D eigenvalue weighted by molar-refractivity contribution is 5.70. The highest BCUT2D eigenvalue weighted by Crippen LogP contribution is 2.26. The van der Waals surface area contributed by atoms with Gasteiger partial charge in [0.15, 0.2) is 18.7 Å². The molecule has 0 bridgehead atoms. The summed E-state index contributed by atoms with van der Waals surface area (Å²) >= 11 is 0. The van der Waals surface area contributed by atoms with Crippen molar-refractivity contribution in [2.45, 2.75) is 255 Å². The molecule has 0 amide bonds. The van der Waals surface area contributed by atoms with Gasteiger partial charge >= 0.3 is 11.9 Å². The van der Waals surface area contributed by atoms with Crippen LogP contribution in [-0.4, -0.2) is 142 Å². The third-order valence-electron chi connectivity index (χ3n) is 13.0. The molecule has 73 heavy (non-hydrogen) atoms. The molecule has 7 N–H and O–H groups in total. The maximum atomic E-state index is 13.0. The van der Waals surface area contributed by atoms with Crippen molar-refractivity contribution in [1.82, 2.24) is 0 Å². The second-order valence-electron chi connectivity index (χ2n) is 19.4. The first-order valence-electron chi connectivity index (χ1n) is 28.0. The summed E-state index contributed by atoms with van der Waals surface area (Å²) in [4.78, 5) is 25.8. The number of esters is 2. The lowest BCUT2D eigenvalue weighted by atomic mass is 9.98. The van der Waals surface area contributed by atoms with Crippen molar-refractivity contribution in [3.8, 4) is 0 Å². The smallest absolute Gasteiger partial charge is 0.306 e. The van der Waals surface area contributed by atoms with Gasteiger partial charge in [-0.2, -0.15) is 0 Å². The molecule has 11 atom stereocenters. The van der Waals surface area contributed by atoms with E-state index in [4.69, 9.17) is 28.4 Å². The third kappa shape index (κ3) is 31.6. The van der Waals surface area contributed by atoms with E-state index in [0.29, 0.717) is 19.3 Å². The van der Waals surface area contributed by atoms with Gasteiger partial charge in [0.25, 0.3) is 0 Å². The van der Waals surface area contributed by atoms with Gasteiger partial charge in [0.05, 0.1) is 19.8 Å². The Labute approximate surface area is 438 Å². The summed E-state index contributed by atoms with van der Waals surface area (Å²) in [6.07, 6.45) is 36.5. The van der Waals surface area contributed by atoms with E-state index in [1.807, 2.05) is 12.2 Å². The Kier molecular flexibility index (Phi) is 39.9. The standard InChI is InChI=1S/C58H98O15/c1-3-5-7-9-11-13-15-17-19-21-23-25-27-29-31-33-35-37-39-41-50(61)71-46(43-68-49(60)40-38-36-34-32-30-28-26-24-22-20-18-16-14-12-10-8-6-4-2)44-69-57-56(67)54(65)52(63)48(73-57)45-70-58-55(66)53(64)51(62)47(42-59)72-58/h5,7,11,13,17,19,23,25,29,31,35,37,46-48,51-59,62-67H,3-4,6,8-10,12,14-16,18,20-22,24,26-28,30,32-34,36,38-45H2,1-2H3/b7-5+,13-11+,19-17+,25-23+,31-29+,37-35+/t46-,47+,48+,51-,52-,53?,54?,55?,56?,57+,58+/m0/s1. The predicted molar refractivity (Wildman–Crippen MR) is 284 cm³/mol. The van der Waals surface area contributed by atoms with E-state index in [2.05, 4.69) is 74.6 Å². The summed E-state index contributed by atoms with van der Waals surface area (Å²) in [5, 5.41) is 72.2. The number of hydrogen-bond acceptors (Lipinski definition) is 15. The molecule has 2 heterocycles. The molecular weight excluding hydrogens is 937 g/mol. The van der Waals surface area contributed by atoms with Crippen molar-refractivity contribution in [3.05, 3.63) is 72.9 Å². The lowest BCUT2D eigenvalue weighted by Gasteiger charge is -2.42. The molecule has 2 saturated heterocycles. The summed E-state index contributed by atoms with van der Waals surface area (Å²) < 4.78 is 33.6. The Bertz CT molecular complexity index is 1540. The molecule has 2 fully saturated rings. The highest BCUT2D eigenvalue weighted by Gasteiger charge is 2.47. The molecular formula is C58H98O15. The van der Waals surface area contributed by atoms with Gasteiger partial charge < -0.3 is 64.2 Å². The van der Waals surface area contributed by atoms with Crippen molar-refractivity contribution in [2.24, 2.45) is 0 Å². The van der Waals surface area contributed by atoms with Crippen LogP contribution in [0.25, 0.3) is 0 Å². The number of aliphatic hydroxyl groups excluding tert-OH is 7. The number of ether oxygens (including phenoxy) is 6. The maximum Gasteiger partial charge on any atom is 0.306 e. The molecule has 4 unspecified atom stereocenters. The average Bonchev–Trinajstić information content (AvgIpc) is 3.38. The van der Waals surface area contributed by atoms with Crippen molar-refractivity contribution >= 4 is 11.9 Å². The zero-order valence-electron chi connectivity index (χ0n) is 44.6. The van der Waals surface area contributed by atoms with Crippen LogP contribution >= 0.6 is 0 Å². The second kappa shape index (κ2) is 44.1. The van der Waals surface area contributed by atoms with Crippen LogP contribution in [0.2, 0.25) is 0 Å². The molecule has 2 rings (SSSR count). The molecule has 2 aliphatic rings. The molecule has 0 aliphatic carbocycles. The minimum atomic E-state index is -1.78. The van der Waals surface area contributed by atoms with E-state index in [1.54, 1.807) is 0 Å². The number of carbonyl (C=O) groups excluding carboxylic acids is 2. The molecule has 0 aromatic rings. The number of aliphatic hydroxyl groups is 7. The summed E-state index contributed by atoms with van der Waals surface area (Å²) in [5.74, 6) is -1.02. The summed E-state index contributed by atoms with van der Waals surface area (Å²) in [5.41, 5.74) is 0. The fourth-order valence-corrected chi connectivity index (χ4v) is 8.42. The number of allylic oxidation sites excluding steroid dienone is 12. The zero-order valence-corrected chi connectivity index (χ0v) is 44.6. The van der Waals surface area contributed by atoms with Gasteiger partial charge in [0.1, 0.15) is 55.4 Å². The Balaban J connectivity index is 1.81. The van der Waals surface area contributed by atoms with Crippen molar-refractivity contribution < 1.29 is 73.8 Å². The van der Waals surface area contributed by atoms with E-state index in [1.165, 1.54) is 89.9 Å². The van der Waals surface area contributed by atoms with E-state index in [-0.39, 0.29) is 19.4 Å². The Morgan fingerprint density at radius 3 is 1.33 bits per heavy atom. The van der Waals surface area contributed by atoms with Gasteiger partial charge in [-0.1, -0.05) is 196 Å². The fourth-order valence-electron chi connectivity index (χ4n) is 8.42. The first-order valence-corrected chi connectivity index (χ1v) is 28.0. The average molecular weight is 1040 g/mol. The lowest BCUT2D eigenvalue weighted by molar-refractivity contribution is -0.332. The molecule has 15 heteroatoms. The first-order chi connectivity index (χ1) is 35.5. The predicted octanol–water partition coefficient (Wildman–Crippen LogP) is 8.99. The van der Waals surface area contributed by atoms with Crippen LogP contribution in [0.1, 0.15) is 187 Å². The molecule has 0 radical (unpaired) electrons. The number of hydrogen-bond donors (Lipinski definition) is 7. The quantitative estimate of drug-likeness (QED) is 0.0172. The van der Waals surface area contributed by atoms with Gasteiger partial charge in [0.2, 0.25) is 0 Å². The molecule has 0 spiro atoms. The van der Waals surface area contributed by atoms with Crippen LogP contribution in [0.3, 0.4) is 0 Å². The Morgan fingerprint density at radius 1 is 0.452 bits per heavy atom. The van der Waals surface area contributed by atoms with Gasteiger partial charge in [-0.15, -0.1) is 0 Å². The zero-order chi connectivity index (χ0) is 53.2. The van der Waals surface area contributed by atoms with E-state index < -0.39 is 99.3 Å². The van der Waals surface area contributed by atoms with Crippen molar-refractivity contribution in [2.75, 3.05) is 26.4 Å². The van der Waals surface area contributed by atoms with Gasteiger partial charge in [-0.05, 0) is 51.4 Å². The van der Waals surface area contributed by atoms with Gasteiger partial charge in [-0.3, -0.25) is 9.59 Å². The summed E-state index contributed by atoms with van der Waals surface area (Å²) in [6.45, 7) is 2.41. The third-order valence-corrected chi connectivity index (χ3v) is 13.0. The van der Waals surface area contributed by atoms with Gasteiger partial charge in [-0.25, -0.2) is 0 Å². The Hall–Kier alpha value is -3.06. The normalized spacial score (nSPS) is 25.4. The van der Waals surface area contributed by atoms with Crippen molar-refractivity contribution in [3.63, 3.8) is 0 Å². The van der Waals surface area contributed by atoms with E-state index >= 15 is 0 Å². The van der Waals surface area contributed by atoms with Crippen LogP contribution in [0.15, 0.2) is 72.9 Å². The highest BCUT2D eigenvalue weighted by atomic mass is 16.7. The number of unbranched alkanes of at least 4 members (excludes halogenated alkanes) is 17. The van der Waals surface area contributed by atoms with Crippen LogP contribution in [0.5, 0.6) is 0 Å². The summed E-state index contributed by atoms with van der Waals surface area (Å²) in [6, 6.07) is 0. The molecule has 2 aliphatic heterocycles. The second-order valence-corrected chi connectivity index (χ2v) is 19.4. The minimum absolute atomic E-state index is 0.0384. The fraction of sp³-hybridized carbons (Fsp3) is 0.759. The van der Waals surface area contributed by atoms with Crippen LogP contribution in [0.4, 0.5) is 0 Å². The summed E-state index contributed by atoms with van der Waals surface area (Å²) in [7, 11) is 0. The number of rotatable bonds is 43. The van der Waals surface area contributed by atoms with Crippen LogP contribution in [-0.2, 0) is 38.0 Å². The molecule has 0 aromatic carbocycles. The monoisotopic (exact) mass is 1030 g/mol.